The Hall–Kier alpha value is -0.700. The number of nitrogens with zero attached hydrogens (tertiary/aromatic N) is 1. The SMILES string of the molecule is CCCCCC(=O)c1sc(C)nc1C. The highest BCUT2D eigenvalue weighted by molar-refractivity contribution is 7.13. The normalized spacial score (nSPS) is 10.5. The summed E-state index contributed by atoms with van der Waals surface area (Å²) >= 11 is 1.52. The molecule has 0 aliphatic rings. The summed E-state index contributed by atoms with van der Waals surface area (Å²) in [6, 6.07) is 0. The van der Waals surface area contributed by atoms with Crippen LogP contribution >= 0.6 is 11.3 Å². The smallest absolute Gasteiger partial charge is 0.174 e. The number of thiazole rings is 1. The van der Waals surface area contributed by atoms with Gasteiger partial charge in [0, 0.05) is 6.42 Å². The predicted molar refractivity (Wildman–Crippen MR) is 60.1 cm³/mol. The molecule has 0 saturated carbocycles. The molecule has 0 aliphatic carbocycles. The first-order valence-corrected chi connectivity index (χ1v) is 5.94. The maximum Gasteiger partial charge on any atom is 0.174 e. The van der Waals surface area contributed by atoms with Crippen LogP contribution in [0.25, 0.3) is 0 Å². The van der Waals surface area contributed by atoms with Gasteiger partial charge in [0.1, 0.15) is 0 Å². The molecule has 0 atom stereocenters. The fourth-order valence-corrected chi connectivity index (χ4v) is 2.33. The van der Waals surface area contributed by atoms with Crippen molar-refractivity contribution in [2.24, 2.45) is 0 Å². The molecule has 1 heterocycles. The third-order valence-corrected chi connectivity index (χ3v) is 3.28. The minimum atomic E-state index is 0.265. The van der Waals surface area contributed by atoms with Gasteiger partial charge in [-0.25, -0.2) is 4.98 Å². The number of aromatic nitrogens is 1. The highest BCUT2D eigenvalue weighted by Crippen LogP contribution is 2.19. The Morgan fingerprint density at radius 3 is 2.57 bits per heavy atom. The second kappa shape index (κ2) is 5.25. The zero-order valence-corrected chi connectivity index (χ0v) is 9.91. The third kappa shape index (κ3) is 2.91. The van der Waals surface area contributed by atoms with Crippen molar-refractivity contribution >= 4 is 17.1 Å². The molecule has 0 aliphatic heterocycles. The van der Waals surface area contributed by atoms with Gasteiger partial charge in [0.05, 0.1) is 15.6 Å². The second-order valence-corrected chi connectivity index (χ2v) is 4.73. The Morgan fingerprint density at radius 1 is 1.36 bits per heavy atom. The van der Waals surface area contributed by atoms with Gasteiger partial charge in [-0.15, -0.1) is 11.3 Å². The maximum atomic E-state index is 11.7. The molecule has 0 bridgehead atoms. The van der Waals surface area contributed by atoms with E-state index in [1.165, 1.54) is 11.3 Å². The fraction of sp³-hybridized carbons (Fsp3) is 0.636. The van der Waals surface area contributed by atoms with Crippen molar-refractivity contribution in [3.8, 4) is 0 Å². The molecule has 2 nitrogen and oxygen atoms in total. The van der Waals surface area contributed by atoms with Gasteiger partial charge in [-0.05, 0) is 20.3 Å². The topological polar surface area (TPSA) is 30.0 Å². The van der Waals surface area contributed by atoms with Crippen molar-refractivity contribution in [1.29, 1.82) is 0 Å². The molecule has 78 valence electrons. The minimum Gasteiger partial charge on any atom is -0.293 e. The van der Waals surface area contributed by atoms with Crippen LogP contribution in [0, 0.1) is 13.8 Å². The Balaban J connectivity index is 2.56. The number of hydrogen-bond acceptors (Lipinski definition) is 3. The fourth-order valence-electron chi connectivity index (χ4n) is 1.44. The molecule has 0 N–H and O–H groups in total. The first kappa shape index (κ1) is 11.4. The number of carbonyl (C=O) groups is 1. The number of aryl methyl sites for hydroxylation is 2. The summed E-state index contributed by atoms with van der Waals surface area (Å²) in [5.74, 6) is 0.265. The van der Waals surface area contributed by atoms with Crippen molar-refractivity contribution < 1.29 is 4.79 Å². The minimum absolute atomic E-state index is 0.265. The number of carbonyl (C=O) groups excluding carboxylic acids is 1. The largest absolute Gasteiger partial charge is 0.293 e. The van der Waals surface area contributed by atoms with E-state index in [2.05, 4.69) is 11.9 Å². The lowest BCUT2D eigenvalue weighted by Gasteiger charge is -1.97. The van der Waals surface area contributed by atoms with E-state index in [1.54, 1.807) is 0 Å². The van der Waals surface area contributed by atoms with Crippen molar-refractivity contribution in [3.63, 3.8) is 0 Å². The van der Waals surface area contributed by atoms with Crippen molar-refractivity contribution in [1.82, 2.24) is 4.98 Å². The highest BCUT2D eigenvalue weighted by Gasteiger charge is 2.12. The van der Waals surface area contributed by atoms with Gasteiger partial charge in [0.15, 0.2) is 5.78 Å². The Morgan fingerprint density at radius 2 is 2.07 bits per heavy atom. The maximum absolute atomic E-state index is 11.7. The van der Waals surface area contributed by atoms with Gasteiger partial charge in [-0.3, -0.25) is 4.79 Å². The lowest BCUT2D eigenvalue weighted by atomic mass is 10.1. The zero-order valence-electron chi connectivity index (χ0n) is 9.09. The van der Waals surface area contributed by atoms with Crippen LogP contribution in [0.15, 0.2) is 0 Å². The van der Waals surface area contributed by atoms with E-state index in [0.29, 0.717) is 6.42 Å². The van der Waals surface area contributed by atoms with Gasteiger partial charge >= 0.3 is 0 Å². The first-order chi connectivity index (χ1) is 6.65. The van der Waals surface area contributed by atoms with E-state index < -0.39 is 0 Å². The third-order valence-electron chi connectivity index (χ3n) is 2.16. The van der Waals surface area contributed by atoms with E-state index in [9.17, 15) is 4.79 Å². The molecule has 1 rings (SSSR count). The summed E-state index contributed by atoms with van der Waals surface area (Å²) in [5, 5.41) is 0.987. The number of ketones is 1. The van der Waals surface area contributed by atoms with E-state index in [0.717, 1.165) is 34.8 Å². The second-order valence-electron chi connectivity index (χ2n) is 3.53. The van der Waals surface area contributed by atoms with Gasteiger partial charge < -0.3 is 0 Å². The van der Waals surface area contributed by atoms with Crippen LogP contribution in [0.1, 0.15) is 53.0 Å². The van der Waals surface area contributed by atoms with E-state index in [-0.39, 0.29) is 5.78 Å². The van der Waals surface area contributed by atoms with Gasteiger partial charge in [-0.2, -0.15) is 0 Å². The molecular weight excluding hydrogens is 194 g/mol. The summed E-state index contributed by atoms with van der Waals surface area (Å²) in [6.45, 7) is 6.00. The quantitative estimate of drug-likeness (QED) is 0.551. The van der Waals surface area contributed by atoms with Gasteiger partial charge in [0.25, 0.3) is 0 Å². The van der Waals surface area contributed by atoms with Crippen LogP contribution in [0.3, 0.4) is 0 Å². The van der Waals surface area contributed by atoms with E-state index in [1.807, 2.05) is 13.8 Å². The molecule has 0 spiro atoms. The van der Waals surface area contributed by atoms with Crippen molar-refractivity contribution in [3.05, 3.63) is 15.6 Å². The summed E-state index contributed by atoms with van der Waals surface area (Å²) in [4.78, 5) is 16.8. The van der Waals surface area contributed by atoms with E-state index in [4.69, 9.17) is 0 Å². The van der Waals surface area contributed by atoms with Gasteiger partial charge in [0.2, 0.25) is 0 Å². The number of Topliss-reactive ketones (excluding diaryl/α,β-unsaturated/α-hetero) is 1. The Kier molecular flexibility index (Phi) is 4.26. The summed E-state index contributed by atoms with van der Waals surface area (Å²) in [7, 11) is 0. The summed E-state index contributed by atoms with van der Waals surface area (Å²) in [6.07, 6.45) is 3.98. The predicted octanol–water partition coefficient (Wildman–Crippen LogP) is 3.52. The zero-order chi connectivity index (χ0) is 10.6. The molecule has 0 saturated heterocycles. The summed E-state index contributed by atoms with van der Waals surface area (Å²) in [5.41, 5.74) is 0.897. The van der Waals surface area contributed by atoms with Gasteiger partial charge in [-0.1, -0.05) is 19.8 Å². The molecule has 14 heavy (non-hydrogen) atoms. The van der Waals surface area contributed by atoms with Crippen molar-refractivity contribution in [2.75, 3.05) is 0 Å². The summed E-state index contributed by atoms with van der Waals surface area (Å²) < 4.78 is 0. The monoisotopic (exact) mass is 211 g/mol. The molecule has 0 fully saturated rings. The molecule has 0 radical (unpaired) electrons. The standard InChI is InChI=1S/C11H17NOS/c1-4-5-6-7-10(13)11-8(2)12-9(3)14-11/h4-7H2,1-3H3. The average molecular weight is 211 g/mol. The molecule has 0 amide bonds. The number of unbranched alkanes of at least 4 members (excludes halogenated alkanes) is 2. The Labute approximate surface area is 89.4 Å². The van der Waals surface area contributed by atoms with Crippen LogP contribution in [-0.2, 0) is 0 Å². The molecule has 1 aromatic rings. The lowest BCUT2D eigenvalue weighted by Crippen LogP contribution is -1.98. The molecule has 1 aromatic heterocycles. The van der Waals surface area contributed by atoms with Crippen LogP contribution in [-0.4, -0.2) is 10.8 Å². The number of rotatable bonds is 5. The molecular formula is C11H17NOS. The van der Waals surface area contributed by atoms with E-state index >= 15 is 0 Å². The average Bonchev–Trinajstić information content (AvgIpc) is 2.45. The molecule has 0 unspecified atom stereocenters. The highest BCUT2D eigenvalue weighted by atomic mass is 32.1. The molecule has 0 aromatic carbocycles. The van der Waals surface area contributed by atoms with Crippen LogP contribution in [0.2, 0.25) is 0 Å². The first-order valence-electron chi connectivity index (χ1n) is 5.12. The van der Waals surface area contributed by atoms with Crippen LogP contribution in [0.4, 0.5) is 0 Å². The van der Waals surface area contributed by atoms with Crippen LogP contribution < -0.4 is 0 Å². The number of hydrogen-bond donors (Lipinski definition) is 0. The lowest BCUT2D eigenvalue weighted by molar-refractivity contribution is 0.0982. The Bertz CT molecular complexity index is 317. The van der Waals surface area contributed by atoms with Crippen LogP contribution in [0.5, 0.6) is 0 Å². The molecule has 3 heteroatoms. The van der Waals surface area contributed by atoms with Crippen molar-refractivity contribution in [2.45, 2.75) is 46.5 Å².